The second-order valence-electron chi connectivity index (χ2n) is 4.90. The summed E-state index contributed by atoms with van der Waals surface area (Å²) in [7, 11) is 0. The first-order valence-corrected chi connectivity index (χ1v) is 5.75. The highest BCUT2D eigenvalue weighted by Crippen LogP contribution is 2.30. The van der Waals surface area contributed by atoms with Gasteiger partial charge >= 0.3 is 0 Å². The van der Waals surface area contributed by atoms with E-state index in [4.69, 9.17) is 0 Å². The third-order valence-electron chi connectivity index (χ3n) is 2.94. The Bertz CT molecular complexity index is 189. The van der Waals surface area contributed by atoms with Gasteiger partial charge in [0, 0.05) is 12.8 Å². The molecule has 2 heteroatoms. The summed E-state index contributed by atoms with van der Waals surface area (Å²) in [5, 5.41) is 0. The summed E-state index contributed by atoms with van der Waals surface area (Å²) in [5.74, 6) is 0.675. The predicted molar refractivity (Wildman–Crippen MR) is 55.9 cm³/mol. The standard InChI is InChI=1S/C12H21FO/c1-9(2)7-11(14)8-10-5-3-4-6-12(10)13/h9-10,12H,3-8H2,1-2H3/t10-,12-/m1/s1. The average molecular weight is 200 g/mol. The Labute approximate surface area is 86.1 Å². The van der Waals surface area contributed by atoms with Gasteiger partial charge in [0.2, 0.25) is 0 Å². The largest absolute Gasteiger partial charge is 0.300 e. The number of ketones is 1. The summed E-state index contributed by atoms with van der Waals surface area (Å²) in [6.45, 7) is 4.07. The molecule has 0 N–H and O–H groups in total. The van der Waals surface area contributed by atoms with Crippen LogP contribution in [0, 0.1) is 11.8 Å². The minimum atomic E-state index is -0.722. The summed E-state index contributed by atoms with van der Waals surface area (Å²) >= 11 is 0. The zero-order valence-electron chi connectivity index (χ0n) is 9.26. The van der Waals surface area contributed by atoms with Crippen LogP contribution in [0.15, 0.2) is 0 Å². The normalized spacial score (nSPS) is 28.0. The lowest BCUT2D eigenvalue weighted by molar-refractivity contribution is -0.121. The third kappa shape index (κ3) is 3.77. The van der Waals surface area contributed by atoms with Crippen LogP contribution in [0.5, 0.6) is 0 Å². The Hall–Kier alpha value is -0.400. The van der Waals surface area contributed by atoms with E-state index in [2.05, 4.69) is 0 Å². The Kier molecular flexibility index (Phi) is 4.56. The van der Waals surface area contributed by atoms with Crippen molar-refractivity contribution in [1.82, 2.24) is 0 Å². The predicted octanol–water partition coefficient (Wildman–Crippen LogP) is 3.52. The van der Waals surface area contributed by atoms with Gasteiger partial charge in [-0.3, -0.25) is 4.79 Å². The minimum absolute atomic E-state index is 0.0231. The van der Waals surface area contributed by atoms with Crippen molar-refractivity contribution in [3.8, 4) is 0 Å². The van der Waals surface area contributed by atoms with Crippen LogP contribution >= 0.6 is 0 Å². The Morgan fingerprint density at radius 2 is 2.00 bits per heavy atom. The molecule has 1 aliphatic rings. The van der Waals surface area contributed by atoms with Crippen molar-refractivity contribution in [2.45, 2.75) is 58.5 Å². The van der Waals surface area contributed by atoms with Crippen molar-refractivity contribution in [1.29, 1.82) is 0 Å². The lowest BCUT2D eigenvalue weighted by Crippen LogP contribution is -2.23. The molecule has 1 rings (SSSR count). The molecule has 0 aromatic rings. The van der Waals surface area contributed by atoms with Gasteiger partial charge in [-0.1, -0.05) is 26.7 Å². The van der Waals surface area contributed by atoms with E-state index in [0.717, 1.165) is 19.3 Å². The van der Waals surface area contributed by atoms with Crippen LogP contribution in [0.4, 0.5) is 4.39 Å². The molecular weight excluding hydrogens is 179 g/mol. The lowest BCUT2D eigenvalue weighted by atomic mass is 9.83. The number of carbonyl (C=O) groups excluding carboxylic acids is 1. The number of hydrogen-bond acceptors (Lipinski definition) is 1. The fourth-order valence-corrected chi connectivity index (χ4v) is 2.22. The summed E-state index contributed by atoms with van der Waals surface area (Å²) in [6.07, 6.45) is 4.03. The van der Waals surface area contributed by atoms with Crippen LogP contribution in [0.2, 0.25) is 0 Å². The van der Waals surface area contributed by atoms with E-state index in [-0.39, 0.29) is 11.7 Å². The number of rotatable bonds is 4. The maximum Gasteiger partial charge on any atom is 0.133 e. The summed E-state index contributed by atoms with van der Waals surface area (Å²) in [5.41, 5.74) is 0. The molecule has 1 nitrogen and oxygen atoms in total. The van der Waals surface area contributed by atoms with Crippen molar-refractivity contribution in [2.24, 2.45) is 11.8 Å². The molecular formula is C12H21FO. The highest BCUT2D eigenvalue weighted by Gasteiger charge is 2.26. The first kappa shape index (κ1) is 11.7. The number of halogens is 1. The van der Waals surface area contributed by atoms with E-state index in [0.29, 0.717) is 25.2 Å². The van der Waals surface area contributed by atoms with Gasteiger partial charge in [-0.05, 0) is 24.7 Å². The fraction of sp³-hybridized carbons (Fsp3) is 0.917. The number of carbonyl (C=O) groups is 1. The molecule has 0 saturated heterocycles. The molecule has 0 aromatic carbocycles. The molecule has 0 aromatic heterocycles. The Morgan fingerprint density at radius 1 is 1.36 bits per heavy atom. The SMILES string of the molecule is CC(C)CC(=O)C[C@H]1CCCC[C@H]1F. The van der Waals surface area contributed by atoms with Crippen LogP contribution in [-0.2, 0) is 4.79 Å². The molecule has 82 valence electrons. The van der Waals surface area contributed by atoms with Gasteiger partial charge in [0.25, 0.3) is 0 Å². The van der Waals surface area contributed by atoms with E-state index < -0.39 is 6.17 Å². The first-order valence-electron chi connectivity index (χ1n) is 5.75. The van der Waals surface area contributed by atoms with Gasteiger partial charge in [-0.25, -0.2) is 4.39 Å². The monoisotopic (exact) mass is 200 g/mol. The fourth-order valence-electron chi connectivity index (χ4n) is 2.22. The van der Waals surface area contributed by atoms with Crippen LogP contribution in [0.1, 0.15) is 52.4 Å². The first-order chi connectivity index (χ1) is 6.59. The highest BCUT2D eigenvalue weighted by atomic mass is 19.1. The number of hydrogen-bond donors (Lipinski definition) is 0. The molecule has 0 heterocycles. The van der Waals surface area contributed by atoms with Gasteiger partial charge in [-0.15, -0.1) is 0 Å². The van der Waals surface area contributed by atoms with Crippen LogP contribution in [-0.4, -0.2) is 12.0 Å². The van der Waals surface area contributed by atoms with Crippen molar-refractivity contribution in [3.63, 3.8) is 0 Å². The third-order valence-corrected chi connectivity index (χ3v) is 2.94. The minimum Gasteiger partial charge on any atom is -0.300 e. The van der Waals surface area contributed by atoms with Crippen LogP contribution in [0.3, 0.4) is 0 Å². The second kappa shape index (κ2) is 5.47. The quantitative estimate of drug-likeness (QED) is 0.678. The second-order valence-corrected chi connectivity index (χ2v) is 4.90. The summed E-state index contributed by atoms with van der Waals surface area (Å²) in [6, 6.07) is 0. The summed E-state index contributed by atoms with van der Waals surface area (Å²) in [4.78, 5) is 11.5. The summed E-state index contributed by atoms with van der Waals surface area (Å²) < 4.78 is 13.4. The number of alkyl halides is 1. The molecule has 1 saturated carbocycles. The van der Waals surface area contributed by atoms with Crippen molar-refractivity contribution < 1.29 is 9.18 Å². The molecule has 14 heavy (non-hydrogen) atoms. The van der Waals surface area contributed by atoms with Crippen molar-refractivity contribution in [2.75, 3.05) is 0 Å². The molecule has 0 bridgehead atoms. The Morgan fingerprint density at radius 3 is 2.57 bits per heavy atom. The molecule has 0 amide bonds. The molecule has 2 atom stereocenters. The van der Waals surface area contributed by atoms with Crippen LogP contribution < -0.4 is 0 Å². The zero-order valence-corrected chi connectivity index (χ0v) is 9.26. The van der Waals surface area contributed by atoms with Gasteiger partial charge < -0.3 is 0 Å². The molecule has 1 aliphatic carbocycles. The maximum absolute atomic E-state index is 13.4. The van der Waals surface area contributed by atoms with Gasteiger partial charge in [0.15, 0.2) is 0 Å². The maximum atomic E-state index is 13.4. The molecule has 1 fully saturated rings. The van der Waals surface area contributed by atoms with Crippen LogP contribution in [0.25, 0.3) is 0 Å². The van der Waals surface area contributed by atoms with Gasteiger partial charge in [0.1, 0.15) is 12.0 Å². The highest BCUT2D eigenvalue weighted by molar-refractivity contribution is 5.78. The van der Waals surface area contributed by atoms with Gasteiger partial charge in [-0.2, -0.15) is 0 Å². The van der Waals surface area contributed by atoms with E-state index in [1.54, 1.807) is 0 Å². The number of Topliss-reactive ketones (excluding diaryl/α,β-unsaturated/α-hetero) is 1. The average Bonchev–Trinajstić information content (AvgIpc) is 2.07. The lowest BCUT2D eigenvalue weighted by Gasteiger charge is -2.25. The van der Waals surface area contributed by atoms with E-state index in [1.165, 1.54) is 0 Å². The van der Waals surface area contributed by atoms with E-state index in [9.17, 15) is 9.18 Å². The zero-order chi connectivity index (χ0) is 10.6. The van der Waals surface area contributed by atoms with E-state index in [1.807, 2.05) is 13.8 Å². The van der Waals surface area contributed by atoms with E-state index >= 15 is 0 Å². The topological polar surface area (TPSA) is 17.1 Å². The van der Waals surface area contributed by atoms with Crippen molar-refractivity contribution in [3.05, 3.63) is 0 Å². The molecule has 0 spiro atoms. The Balaban J connectivity index is 2.31. The molecule has 0 radical (unpaired) electrons. The van der Waals surface area contributed by atoms with Crippen molar-refractivity contribution >= 4 is 5.78 Å². The molecule has 0 aliphatic heterocycles. The van der Waals surface area contributed by atoms with Gasteiger partial charge in [0.05, 0.1) is 0 Å². The smallest absolute Gasteiger partial charge is 0.133 e. The molecule has 0 unspecified atom stereocenters.